The number of carbonyl (C=O) groups is 2. The molecule has 0 saturated heterocycles. The number of amides is 2. The number of nitrogens with zero attached hydrogens (tertiary/aromatic N) is 2. The van der Waals surface area contributed by atoms with Crippen LogP contribution in [0.3, 0.4) is 0 Å². The van der Waals surface area contributed by atoms with Gasteiger partial charge in [0.05, 0.1) is 18.7 Å². The van der Waals surface area contributed by atoms with Gasteiger partial charge in [-0.15, -0.1) is 0 Å². The average molecular weight is 492 g/mol. The summed E-state index contributed by atoms with van der Waals surface area (Å²) in [5, 5.41) is 3.35. The first-order valence-corrected chi connectivity index (χ1v) is 13.3. The summed E-state index contributed by atoms with van der Waals surface area (Å²) in [7, 11) is 0. The van der Waals surface area contributed by atoms with Gasteiger partial charge in [-0.25, -0.2) is 0 Å². The number of benzene rings is 1. The third-order valence-corrected chi connectivity index (χ3v) is 7.74. The molecule has 7 nitrogen and oxygen atoms in total. The third kappa shape index (κ3) is 4.63. The van der Waals surface area contributed by atoms with Gasteiger partial charge in [0, 0.05) is 24.7 Å². The van der Waals surface area contributed by atoms with E-state index in [4.69, 9.17) is 9.15 Å². The Bertz CT molecular complexity index is 1230. The molecule has 1 saturated carbocycles. The summed E-state index contributed by atoms with van der Waals surface area (Å²) in [6, 6.07) is 11.7. The summed E-state index contributed by atoms with van der Waals surface area (Å²) in [6.07, 6.45) is 7.97. The largest absolute Gasteiger partial charge is 0.494 e. The van der Waals surface area contributed by atoms with E-state index in [1.807, 2.05) is 61.7 Å². The molecule has 3 heterocycles. The quantitative estimate of drug-likeness (QED) is 0.488. The summed E-state index contributed by atoms with van der Waals surface area (Å²) in [5.74, 6) is 1.34. The maximum absolute atomic E-state index is 14.0. The zero-order valence-corrected chi connectivity index (χ0v) is 21.6. The highest BCUT2D eigenvalue weighted by Gasteiger charge is 2.48. The standard InChI is InChI=1S/C29H37N3O4/c1-4-35-23-14-12-21(13-15-23)18-32-27(33)25-17-26-24(16-20(2)36-26)31(25)19-29(32,3)28(34)30-22-10-8-6-5-7-9-11-22/h12-17,22H,4-11,18-19H2,1-3H3,(H,30,34). The molecule has 0 bridgehead atoms. The lowest BCUT2D eigenvalue weighted by molar-refractivity contribution is -0.134. The van der Waals surface area contributed by atoms with Crippen molar-refractivity contribution in [3.8, 4) is 5.75 Å². The van der Waals surface area contributed by atoms with Crippen LogP contribution < -0.4 is 10.1 Å². The van der Waals surface area contributed by atoms with Gasteiger partial charge in [-0.05, 0) is 51.3 Å². The van der Waals surface area contributed by atoms with Gasteiger partial charge in [0.2, 0.25) is 5.91 Å². The number of furan rings is 1. The van der Waals surface area contributed by atoms with Crippen LogP contribution in [0.25, 0.3) is 11.1 Å². The molecular formula is C29H37N3O4. The number of ether oxygens (including phenoxy) is 1. The van der Waals surface area contributed by atoms with Crippen molar-refractivity contribution >= 4 is 22.9 Å². The number of fused-ring (bicyclic) bond motifs is 3. The molecule has 1 fully saturated rings. The van der Waals surface area contributed by atoms with Crippen LogP contribution >= 0.6 is 0 Å². The minimum atomic E-state index is -1.04. The third-order valence-electron chi connectivity index (χ3n) is 7.74. The van der Waals surface area contributed by atoms with E-state index in [0.29, 0.717) is 31.0 Å². The van der Waals surface area contributed by atoms with Crippen LogP contribution in [-0.2, 0) is 17.9 Å². The van der Waals surface area contributed by atoms with E-state index >= 15 is 0 Å². The molecule has 0 spiro atoms. The Hall–Kier alpha value is -3.22. The van der Waals surface area contributed by atoms with Crippen molar-refractivity contribution in [3.63, 3.8) is 0 Å². The number of rotatable bonds is 6. The number of carbonyl (C=O) groups excluding carboxylic acids is 2. The second-order valence-corrected chi connectivity index (χ2v) is 10.5. The molecule has 192 valence electrons. The Morgan fingerprint density at radius 1 is 1.11 bits per heavy atom. The van der Waals surface area contributed by atoms with E-state index in [1.165, 1.54) is 19.3 Å². The lowest BCUT2D eigenvalue weighted by Gasteiger charge is -2.44. The van der Waals surface area contributed by atoms with Crippen molar-refractivity contribution < 1.29 is 18.7 Å². The lowest BCUT2D eigenvalue weighted by atomic mass is 9.91. The smallest absolute Gasteiger partial charge is 0.271 e. The Morgan fingerprint density at radius 3 is 2.50 bits per heavy atom. The van der Waals surface area contributed by atoms with E-state index in [9.17, 15) is 9.59 Å². The van der Waals surface area contributed by atoms with Crippen molar-refractivity contribution in [3.05, 3.63) is 53.4 Å². The molecule has 1 aliphatic carbocycles. The molecule has 1 N–H and O–H groups in total. The first-order valence-electron chi connectivity index (χ1n) is 13.3. The van der Waals surface area contributed by atoms with Crippen molar-refractivity contribution in [2.24, 2.45) is 0 Å². The van der Waals surface area contributed by atoms with Gasteiger partial charge >= 0.3 is 0 Å². The fourth-order valence-corrected chi connectivity index (χ4v) is 5.69. The van der Waals surface area contributed by atoms with Gasteiger partial charge in [-0.1, -0.05) is 44.2 Å². The van der Waals surface area contributed by atoms with Crippen LogP contribution in [0, 0.1) is 6.92 Å². The normalized spacial score (nSPS) is 21.2. The van der Waals surface area contributed by atoms with Gasteiger partial charge in [-0.2, -0.15) is 0 Å². The van der Waals surface area contributed by atoms with Crippen LogP contribution in [0.2, 0.25) is 0 Å². The van der Waals surface area contributed by atoms with Gasteiger partial charge in [-0.3, -0.25) is 9.59 Å². The van der Waals surface area contributed by atoms with Crippen LogP contribution in [0.5, 0.6) is 5.75 Å². The molecule has 2 aromatic heterocycles. The van der Waals surface area contributed by atoms with Gasteiger partial charge in [0.25, 0.3) is 5.91 Å². The Morgan fingerprint density at radius 2 is 1.81 bits per heavy atom. The van der Waals surface area contributed by atoms with Gasteiger partial charge in [0.1, 0.15) is 22.7 Å². The zero-order valence-electron chi connectivity index (χ0n) is 21.6. The molecule has 2 amide bonds. The maximum atomic E-state index is 14.0. The van der Waals surface area contributed by atoms with Gasteiger partial charge < -0.3 is 23.9 Å². The summed E-state index contributed by atoms with van der Waals surface area (Å²) < 4.78 is 13.4. The molecule has 1 atom stereocenters. The minimum Gasteiger partial charge on any atom is -0.494 e. The number of aromatic nitrogens is 1. The molecule has 7 heteroatoms. The van der Waals surface area contributed by atoms with Crippen molar-refractivity contribution in [2.45, 2.75) is 90.4 Å². The first kappa shape index (κ1) is 24.5. The van der Waals surface area contributed by atoms with Crippen molar-refractivity contribution in [1.82, 2.24) is 14.8 Å². The van der Waals surface area contributed by atoms with Crippen molar-refractivity contribution in [1.29, 1.82) is 0 Å². The van der Waals surface area contributed by atoms with E-state index < -0.39 is 5.54 Å². The molecular weight excluding hydrogens is 454 g/mol. The van der Waals surface area contributed by atoms with Gasteiger partial charge in [0.15, 0.2) is 5.58 Å². The molecule has 1 aromatic carbocycles. The highest BCUT2D eigenvalue weighted by Crippen LogP contribution is 2.35. The molecule has 0 radical (unpaired) electrons. The summed E-state index contributed by atoms with van der Waals surface area (Å²) in [5.41, 5.74) is 2.02. The fourth-order valence-electron chi connectivity index (χ4n) is 5.69. The molecule has 3 aromatic rings. The highest BCUT2D eigenvalue weighted by atomic mass is 16.5. The monoisotopic (exact) mass is 491 g/mol. The SMILES string of the molecule is CCOc1ccc(CN2C(=O)c3cc4oc(C)cc4n3CC2(C)C(=O)NC2CCCCCCC2)cc1. The summed E-state index contributed by atoms with van der Waals surface area (Å²) in [6.45, 7) is 7.07. The second kappa shape index (κ2) is 10.0. The van der Waals surface area contributed by atoms with E-state index in [2.05, 4.69) is 5.32 Å². The molecule has 5 rings (SSSR count). The van der Waals surface area contributed by atoms with Crippen LogP contribution in [0.15, 0.2) is 40.8 Å². The number of hydrogen-bond donors (Lipinski definition) is 1. The number of aryl methyl sites for hydroxylation is 1. The lowest BCUT2D eigenvalue weighted by Crippen LogP contribution is -2.64. The summed E-state index contributed by atoms with van der Waals surface area (Å²) in [4.78, 5) is 29.6. The Labute approximate surface area is 212 Å². The van der Waals surface area contributed by atoms with E-state index in [1.54, 1.807) is 4.90 Å². The molecule has 2 aliphatic rings. The zero-order chi connectivity index (χ0) is 25.3. The predicted molar refractivity (Wildman–Crippen MR) is 139 cm³/mol. The fraction of sp³-hybridized carbons (Fsp3) is 0.517. The van der Waals surface area contributed by atoms with Crippen LogP contribution in [0.4, 0.5) is 0 Å². The Balaban J connectivity index is 1.48. The first-order chi connectivity index (χ1) is 17.4. The highest BCUT2D eigenvalue weighted by molar-refractivity contribution is 6.03. The van der Waals surface area contributed by atoms with E-state index in [-0.39, 0.29) is 17.9 Å². The predicted octanol–water partition coefficient (Wildman–Crippen LogP) is 5.59. The van der Waals surface area contributed by atoms with Crippen molar-refractivity contribution in [2.75, 3.05) is 6.61 Å². The summed E-state index contributed by atoms with van der Waals surface area (Å²) >= 11 is 0. The molecule has 36 heavy (non-hydrogen) atoms. The number of nitrogens with one attached hydrogen (secondary N) is 1. The minimum absolute atomic E-state index is 0.0833. The average Bonchev–Trinajstić information content (AvgIpc) is 3.36. The number of hydrogen-bond acceptors (Lipinski definition) is 4. The maximum Gasteiger partial charge on any atom is 0.271 e. The second-order valence-electron chi connectivity index (χ2n) is 10.5. The molecule has 1 aliphatic heterocycles. The molecule has 1 unspecified atom stereocenters. The van der Waals surface area contributed by atoms with Crippen LogP contribution in [-0.4, -0.2) is 39.5 Å². The Kier molecular flexibility index (Phi) is 6.82. The van der Waals surface area contributed by atoms with E-state index in [0.717, 1.165) is 48.3 Å². The topological polar surface area (TPSA) is 76.7 Å². The van der Waals surface area contributed by atoms with Crippen LogP contribution in [0.1, 0.15) is 80.6 Å².